The number of methoxy groups -OCH3 is 1. The van der Waals surface area contributed by atoms with Crippen LogP contribution in [0.1, 0.15) is 39.0 Å². The molecule has 0 unspecified atom stereocenters. The Bertz CT molecular complexity index is 1000. The van der Waals surface area contributed by atoms with E-state index in [0.717, 1.165) is 29.1 Å². The van der Waals surface area contributed by atoms with Gasteiger partial charge in [0.2, 0.25) is 5.88 Å². The van der Waals surface area contributed by atoms with Crippen LogP contribution in [0.5, 0.6) is 17.4 Å². The predicted molar refractivity (Wildman–Crippen MR) is 134 cm³/mol. The molecular formula is C27H37N3O4. The lowest BCUT2D eigenvalue weighted by Crippen LogP contribution is -2.39. The third kappa shape index (κ3) is 6.59. The molecule has 0 spiro atoms. The van der Waals surface area contributed by atoms with Crippen LogP contribution < -0.4 is 9.47 Å². The number of benzene rings is 2. The smallest absolute Gasteiger partial charge is 0.227 e. The normalized spacial score (nSPS) is 12.4. The number of ether oxygens (including phenoxy) is 3. The zero-order valence-corrected chi connectivity index (χ0v) is 20.9. The number of nitrogens with zero attached hydrogens (tertiary/aromatic N) is 3. The molecule has 0 aliphatic heterocycles. The highest BCUT2D eigenvalue weighted by Gasteiger charge is 2.25. The third-order valence-electron chi connectivity index (χ3n) is 5.68. The molecule has 3 aromatic rings. The molecule has 7 heteroatoms. The van der Waals surface area contributed by atoms with Gasteiger partial charge in [0.15, 0.2) is 0 Å². The van der Waals surface area contributed by atoms with Crippen LogP contribution in [0, 0.1) is 0 Å². The van der Waals surface area contributed by atoms with Crippen molar-refractivity contribution < 1.29 is 19.3 Å². The fourth-order valence-corrected chi connectivity index (χ4v) is 3.76. The molecule has 34 heavy (non-hydrogen) atoms. The minimum Gasteiger partial charge on any atom is -0.497 e. The van der Waals surface area contributed by atoms with Gasteiger partial charge in [-0.2, -0.15) is 5.10 Å². The molecule has 0 saturated heterocycles. The Morgan fingerprint density at radius 3 is 2.26 bits per heavy atom. The number of aliphatic hydroxyl groups excluding tert-OH is 1. The lowest BCUT2D eigenvalue weighted by Gasteiger charge is -2.29. The summed E-state index contributed by atoms with van der Waals surface area (Å²) >= 11 is 0. The second-order valence-corrected chi connectivity index (χ2v) is 8.45. The van der Waals surface area contributed by atoms with E-state index in [1.54, 1.807) is 7.11 Å². The number of hydrogen-bond donors (Lipinski definition) is 1. The van der Waals surface area contributed by atoms with Crippen molar-refractivity contribution in [1.29, 1.82) is 0 Å². The molecule has 0 aliphatic carbocycles. The van der Waals surface area contributed by atoms with E-state index in [0.29, 0.717) is 37.9 Å². The second-order valence-electron chi connectivity index (χ2n) is 8.45. The molecule has 0 radical (unpaired) electrons. The van der Waals surface area contributed by atoms with Crippen LogP contribution in [-0.2, 0) is 17.7 Å². The second kappa shape index (κ2) is 12.6. The molecule has 0 fully saturated rings. The van der Waals surface area contributed by atoms with Gasteiger partial charge in [0.05, 0.1) is 36.8 Å². The summed E-state index contributed by atoms with van der Waals surface area (Å²) in [6, 6.07) is 17.8. The summed E-state index contributed by atoms with van der Waals surface area (Å²) in [6.45, 7) is 10.3. The van der Waals surface area contributed by atoms with Crippen molar-refractivity contribution in [2.24, 2.45) is 0 Å². The zero-order chi connectivity index (χ0) is 24.5. The number of aromatic nitrogens is 2. The molecule has 184 valence electrons. The maximum absolute atomic E-state index is 10.5. The van der Waals surface area contributed by atoms with Crippen LogP contribution in [0.15, 0.2) is 54.6 Å². The van der Waals surface area contributed by atoms with Crippen LogP contribution >= 0.6 is 0 Å². The summed E-state index contributed by atoms with van der Waals surface area (Å²) in [5, 5.41) is 15.4. The van der Waals surface area contributed by atoms with Gasteiger partial charge in [-0.25, -0.2) is 4.68 Å². The number of para-hydroxylation sites is 1. The van der Waals surface area contributed by atoms with E-state index in [1.165, 1.54) is 0 Å². The van der Waals surface area contributed by atoms with E-state index in [2.05, 4.69) is 25.7 Å². The number of hydrogen-bond acceptors (Lipinski definition) is 6. The minimum atomic E-state index is -0.567. The standard InChI is InChI=1S/C27H37N3O4/c1-6-26-25(18-29(20(3)4)17-22(31)19-33-7-2)27(30(28-26)21-11-9-8-10-12-21)34-24-15-13-23(32-5)14-16-24/h8-16,20,22,31H,6-7,17-19H2,1-5H3/t22-/m1/s1. The maximum Gasteiger partial charge on any atom is 0.227 e. The fourth-order valence-electron chi connectivity index (χ4n) is 3.76. The third-order valence-corrected chi connectivity index (χ3v) is 5.68. The molecule has 0 aliphatic rings. The van der Waals surface area contributed by atoms with Crippen LogP contribution in [-0.4, -0.2) is 58.8 Å². The lowest BCUT2D eigenvalue weighted by molar-refractivity contribution is 0.0131. The summed E-state index contributed by atoms with van der Waals surface area (Å²) < 4.78 is 19.0. The van der Waals surface area contributed by atoms with Gasteiger partial charge in [-0.1, -0.05) is 25.1 Å². The van der Waals surface area contributed by atoms with Crippen molar-refractivity contribution in [3.05, 3.63) is 65.9 Å². The minimum absolute atomic E-state index is 0.217. The summed E-state index contributed by atoms with van der Waals surface area (Å²) in [7, 11) is 1.65. The average molecular weight is 468 g/mol. The number of rotatable bonds is 13. The maximum atomic E-state index is 10.5. The Kier molecular flexibility index (Phi) is 9.51. The highest BCUT2D eigenvalue weighted by atomic mass is 16.5. The number of aliphatic hydroxyl groups is 1. The van der Waals surface area contributed by atoms with E-state index in [-0.39, 0.29) is 6.04 Å². The quantitative estimate of drug-likeness (QED) is 0.388. The van der Waals surface area contributed by atoms with Gasteiger partial charge in [0.25, 0.3) is 0 Å². The summed E-state index contributed by atoms with van der Waals surface area (Å²) in [4.78, 5) is 2.23. The Labute approximate surface area is 202 Å². The molecule has 1 heterocycles. The van der Waals surface area contributed by atoms with Gasteiger partial charge < -0.3 is 19.3 Å². The molecular weight excluding hydrogens is 430 g/mol. The first-order valence-corrected chi connectivity index (χ1v) is 11.9. The monoisotopic (exact) mass is 467 g/mol. The summed E-state index contributed by atoms with van der Waals surface area (Å²) in [6.07, 6.45) is 0.198. The van der Waals surface area contributed by atoms with Crippen molar-refractivity contribution in [1.82, 2.24) is 14.7 Å². The van der Waals surface area contributed by atoms with Gasteiger partial charge in [0, 0.05) is 25.7 Å². The predicted octanol–water partition coefficient (Wildman–Crippen LogP) is 4.84. The SMILES string of the molecule is CCOC[C@H](O)CN(Cc1c(CC)nn(-c2ccccc2)c1Oc1ccc(OC)cc1)C(C)C. The molecule has 0 amide bonds. The van der Waals surface area contributed by atoms with Gasteiger partial charge in [-0.3, -0.25) is 4.90 Å². The van der Waals surface area contributed by atoms with Gasteiger partial charge in [0.1, 0.15) is 11.5 Å². The van der Waals surface area contributed by atoms with E-state index in [9.17, 15) is 5.11 Å². The van der Waals surface area contributed by atoms with E-state index in [4.69, 9.17) is 19.3 Å². The molecule has 1 N–H and O–H groups in total. The van der Waals surface area contributed by atoms with E-state index >= 15 is 0 Å². The Morgan fingerprint density at radius 2 is 1.68 bits per heavy atom. The van der Waals surface area contributed by atoms with Crippen LogP contribution in [0.2, 0.25) is 0 Å². The van der Waals surface area contributed by atoms with Crippen molar-refractivity contribution >= 4 is 0 Å². The highest BCUT2D eigenvalue weighted by molar-refractivity contribution is 5.44. The molecule has 0 saturated carbocycles. The van der Waals surface area contributed by atoms with Crippen molar-refractivity contribution in [2.45, 2.75) is 52.8 Å². The fraction of sp³-hybridized carbons (Fsp3) is 0.444. The molecule has 3 rings (SSSR count). The lowest BCUT2D eigenvalue weighted by atomic mass is 10.1. The summed E-state index contributed by atoms with van der Waals surface area (Å²) in [5.41, 5.74) is 2.91. The summed E-state index contributed by atoms with van der Waals surface area (Å²) in [5.74, 6) is 2.15. The first-order chi connectivity index (χ1) is 16.5. The largest absolute Gasteiger partial charge is 0.497 e. The van der Waals surface area contributed by atoms with Crippen molar-refractivity contribution in [3.63, 3.8) is 0 Å². The first kappa shape index (κ1) is 25.7. The topological polar surface area (TPSA) is 69.0 Å². The van der Waals surface area contributed by atoms with Crippen molar-refractivity contribution in [3.8, 4) is 23.1 Å². The Balaban J connectivity index is 2.00. The molecule has 1 aromatic heterocycles. The average Bonchev–Trinajstić information content (AvgIpc) is 3.20. The number of aryl methyl sites for hydroxylation is 1. The highest BCUT2D eigenvalue weighted by Crippen LogP contribution is 2.33. The molecule has 0 bridgehead atoms. The van der Waals surface area contributed by atoms with Crippen molar-refractivity contribution in [2.75, 3.05) is 26.9 Å². The van der Waals surface area contributed by atoms with Gasteiger partial charge in [-0.15, -0.1) is 0 Å². The molecule has 2 aromatic carbocycles. The van der Waals surface area contributed by atoms with Crippen LogP contribution in [0.3, 0.4) is 0 Å². The van der Waals surface area contributed by atoms with E-state index in [1.807, 2.05) is 66.2 Å². The molecule has 7 nitrogen and oxygen atoms in total. The first-order valence-electron chi connectivity index (χ1n) is 11.9. The Hall–Kier alpha value is -2.87. The van der Waals surface area contributed by atoms with Crippen LogP contribution in [0.4, 0.5) is 0 Å². The van der Waals surface area contributed by atoms with E-state index < -0.39 is 6.10 Å². The molecule has 1 atom stereocenters. The van der Waals surface area contributed by atoms with Crippen LogP contribution in [0.25, 0.3) is 5.69 Å². The van der Waals surface area contributed by atoms with Gasteiger partial charge in [-0.05, 0) is 63.6 Å². The van der Waals surface area contributed by atoms with Gasteiger partial charge >= 0.3 is 0 Å². The Morgan fingerprint density at radius 1 is 1.00 bits per heavy atom. The zero-order valence-electron chi connectivity index (χ0n) is 20.9.